The second kappa shape index (κ2) is 7.82. The van der Waals surface area contributed by atoms with Gasteiger partial charge in [-0.3, -0.25) is 4.79 Å². The number of ether oxygens (including phenoxy) is 1. The first kappa shape index (κ1) is 19.8. The van der Waals surface area contributed by atoms with E-state index in [0.717, 1.165) is 45.9 Å². The number of hydrogen-bond donors (Lipinski definition) is 0. The molecular weight excluding hydrogens is 410 g/mol. The number of ketones is 1. The number of fused-ring (bicyclic) bond motifs is 2. The van der Waals surface area contributed by atoms with Gasteiger partial charge in [-0.15, -0.1) is 0 Å². The Morgan fingerprint density at radius 2 is 2.00 bits per heavy atom. The molecular formula is C25H22ClN3O2. The summed E-state index contributed by atoms with van der Waals surface area (Å²) in [5, 5.41) is 5.42. The largest absolute Gasteiger partial charge is 0.497 e. The van der Waals surface area contributed by atoms with Crippen molar-refractivity contribution >= 4 is 23.0 Å². The van der Waals surface area contributed by atoms with Crippen molar-refractivity contribution in [2.45, 2.75) is 32.1 Å². The fraction of sp³-hybridized carbons (Fsp3) is 0.240. The Morgan fingerprint density at radius 3 is 2.77 bits per heavy atom. The molecule has 0 radical (unpaired) electrons. The number of benzene rings is 2. The molecule has 1 aliphatic rings. The molecule has 0 saturated carbocycles. The third-order valence-electron chi connectivity index (χ3n) is 5.95. The van der Waals surface area contributed by atoms with Gasteiger partial charge in [0.2, 0.25) is 0 Å². The number of nitrogens with zero attached hydrogens (tertiary/aromatic N) is 3. The van der Waals surface area contributed by atoms with Gasteiger partial charge < -0.3 is 4.74 Å². The highest BCUT2D eigenvalue weighted by molar-refractivity contribution is 6.30. The predicted molar refractivity (Wildman–Crippen MR) is 121 cm³/mol. The van der Waals surface area contributed by atoms with Crippen LogP contribution in [-0.2, 0) is 12.8 Å². The summed E-state index contributed by atoms with van der Waals surface area (Å²) in [5.74, 6) is 0.952. The fourth-order valence-electron chi connectivity index (χ4n) is 4.40. The first-order valence-corrected chi connectivity index (χ1v) is 10.8. The van der Waals surface area contributed by atoms with Crippen LogP contribution in [0.3, 0.4) is 0 Å². The minimum atomic E-state index is 0.0717. The monoisotopic (exact) mass is 431 g/mol. The molecule has 4 aromatic rings. The van der Waals surface area contributed by atoms with Gasteiger partial charge in [0.25, 0.3) is 0 Å². The molecule has 6 heteroatoms. The molecule has 0 spiro atoms. The summed E-state index contributed by atoms with van der Waals surface area (Å²) in [6.07, 6.45) is 3.75. The number of halogens is 1. The molecule has 2 heterocycles. The number of Topliss-reactive ketones (excluding diaryl/α,β-unsaturated/α-hetero) is 1. The maximum Gasteiger partial charge on any atom is 0.166 e. The predicted octanol–water partition coefficient (Wildman–Crippen LogP) is 5.53. The Morgan fingerprint density at radius 1 is 1.16 bits per heavy atom. The maximum atomic E-state index is 13.0. The van der Waals surface area contributed by atoms with Crippen LogP contribution in [0.1, 0.15) is 46.6 Å². The number of aromatic nitrogens is 3. The SMILES string of the molecule is CCc1nn2cc3c(nc2c1-c1cccc(OC)c1)CC(c1cccc(Cl)c1)CC3=O. The summed E-state index contributed by atoms with van der Waals surface area (Å²) in [6, 6.07) is 15.7. The Hall–Kier alpha value is -3.18. The average molecular weight is 432 g/mol. The fourth-order valence-corrected chi connectivity index (χ4v) is 4.60. The highest BCUT2D eigenvalue weighted by Crippen LogP contribution is 2.35. The summed E-state index contributed by atoms with van der Waals surface area (Å²) in [4.78, 5) is 18.0. The summed E-state index contributed by atoms with van der Waals surface area (Å²) in [5.41, 5.74) is 6.26. The van der Waals surface area contributed by atoms with Gasteiger partial charge in [-0.2, -0.15) is 5.10 Å². The zero-order valence-electron chi connectivity index (χ0n) is 17.4. The van der Waals surface area contributed by atoms with Crippen LogP contribution in [0.15, 0.2) is 54.7 Å². The number of rotatable bonds is 4. The lowest BCUT2D eigenvalue weighted by atomic mass is 9.82. The van der Waals surface area contributed by atoms with E-state index in [9.17, 15) is 4.79 Å². The van der Waals surface area contributed by atoms with Crippen molar-refractivity contribution in [1.82, 2.24) is 14.6 Å². The van der Waals surface area contributed by atoms with Crippen molar-refractivity contribution in [3.05, 3.63) is 82.3 Å². The van der Waals surface area contributed by atoms with E-state index in [1.165, 1.54) is 0 Å². The smallest absolute Gasteiger partial charge is 0.166 e. The number of methoxy groups -OCH3 is 1. The van der Waals surface area contributed by atoms with E-state index in [0.29, 0.717) is 23.4 Å². The number of carbonyl (C=O) groups is 1. The molecule has 0 saturated heterocycles. The summed E-state index contributed by atoms with van der Waals surface area (Å²) in [6.45, 7) is 2.08. The van der Waals surface area contributed by atoms with E-state index in [2.05, 4.69) is 6.92 Å². The number of aryl methyl sites for hydroxylation is 1. The zero-order chi connectivity index (χ0) is 21.5. The van der Waals surface area contributed by atoms with Crippen molar-refractivity contribution in [2.75, 3.05) is 7.11 Å². The van der Waals surface area contributed by atoms with Crippen molar-refractivity contribution < 1.29 is 9.53 Å². The van der Waals surface area contributed by atoms with Crippen LogP contribution in [0, 0.1) is 0 Å². The number of carbonyl (C=O) groups excluding carboxylic acids is 1. The molecule has 0 amide bonds. The zero-order valence-corrected chi connectivity index (χ0v) is 18.2. The van der Waals surface area contributed by atoms with E-state index < -0.39 is 0 Å². The topological polar surface area (TPSA) is 56.5 Å². The lowest BCUT2D eigenvalue weighted by molar-refractivity contribution is 0.0962. The van der Waals surface area contributed by atoms with Crippen molar-refractivity contribution in [3.63, 3.8) is 0 Å². The van der Waals surface area contributed by atoms with Gasteiger partial charge in [0.05, 0.1) is 24.1 Å². The normalized spacial score (nSPS) is 15.8. The van der Waals surface area contributed by atoms with Crippen LogP contribution < -0.4 is 4.74 Å². The lowest BCUT2D eigenvalue weighted by Crippen LogP contribution is -2.21. The molecule has 0 aliphatic heterocycles. The maximum absolute atomic E-state index is 13.0. The first-order chi connectivity index (χ1) is 15.1. The summed E-state index contributed by atoms with van der Waals surface area (Å²) >= 11 is 6.19. The van der Waals surface area contributed by atoms with Gasteiger partial charge in [0, 0.05) is 23.2 Å². The third kappa shape index (κ3) is 3.49. The van der Waals surface area contributed by atoms with Crippen molar-refractivity contribution in [1.29, 1.82) is 0 Å². The molecule has 0 bridgehead atoms. The highest BCUT2D eigenvalue weighted by Gasteiger charge is 2.29. The first-order valence-electron chi connectivity index (χ1n) is 10.4. The van der Waals surface area contributed by atoms with Crippen LogP contribution >= 0.6 is 11.6 Å². The van der Waals surface area contributed by atoms with E-state index in [1.807, 2.05) is 54.7 Å². The second-order valence-corrected chi connectivity index (χ2v) is 8.30. The second-order valence-electron chi connectivity index (χ2n) is 7.86. The molecule has 5 nitrogen and oxygen atoms in total. The molecule has 0 N–H and O–H groups in total. The van der Waals surface area contributed by atoms with Crippen LogP contribution in [-0.4, -0.2) is 27.5 Å². The van der Waals surface area contributed by atoms with Gasteiger partial charge in [0.1, 0.15) is 5.75 Å². The standard InChI is InChI=1S/C25H22ClN3O2/c1-3-21-24(16-7-5-9-19(11-16)31-2)25-27-22-12-17(15-6-4-8-18(26)10-15)13-23(30)20(22)14-29(25)28-21/h4-11,14,17H,3,12-13H2,1-2H3. The van der Waals surface area contributed by atoms with Crippen LogP contribution in [0.4, 0.5) is 0 Å². The molecule has 1 atom stereocenters. The van der Waals surface area contributed by atoms with Crippen LogP contribution in [0.2, 0.25) is 5.02 Å². The molecule has 2 aromatic heterocycles. The van der Waals surface area contributed by atoms with E-state index in [4.69, 9.17) is 26.4 Å². The molecule has 156 valence electrons. The lowest BCUT2D eigenvalue weighted by Gasteiger charge is -2.23. The minimum absolute atomic E-state index is 0.0717. The molecule has 31 heavy (non-hydrogen) atoms. The van der Waals surface area contributed by atoms with E-state index in [-0.39, 0.29) is 11.7 Å². The van der Waals surface area contributed by atoms with Crippen molar-refractivity contribution in [2.24, 2.45) is 0 Å². The average Bonchev–Trinajstić information content (AvgIpc) is 3.15. The quantitative estimate of drug-likeness (QED) is 0.426. The van der Waals surface area contributed by atoms with E-state index >= 15 is 0 Å². The van der Waals surface area contributed by atoms with Crippen LogP contribution in [0.5, 0.6) is 5.75 Å². The molecule has 0 fully saturated rings. The van der Waals surface area contributed by atoms with Gasteiger partial charge in [-0.25, -0.2) is 9.50 Å². The Kier molecular flexibility index (Phi) is 4.98. The van der Waals surface area contributed by atoms with Crippen molar-refractivity contribution in [3.8, 4) is 16.9 Å². The minimum Gasteiger partial charge on any atom is -0.497 e. The number of hydrogen-bond acceptors (Lipinski definition) is 4. The Labute approximate surface area is 185 Å². The highest BCUT2D eigenvalue weighted by atomic mass is 35.5. The Balaban J connectivity index is 1.65. The third-order valence-corrected chi connectivity index (χ3v) is 6.18. The van der Waals surface area contributed by atoms with Gasteiger partial charge in [-0.05, 0) is 54.2 Å². The molecule has 5 rings (SSSR count). The molecule has 1 aliphatic carbocycles. The van der Waals surface area contributed by atoms with Crippen LogP contribution in [0.25, 0.3) is 16.8 Å². The Bertz CT molecular complexity index is 1310. The molecule has 2 aromatic carbocycles. The van der Waals surface area contributed by atoms with Gasteiger partial charge >= 0.3 is 0 Å². The summed E-state index contributed by atoms with van der Waals surface area (Å²) in [7, 11) is 1.66. The van der Waals surface area contributed by atoms with Gasteiger partial charge in [-0.1, -0.05) is 42.8 Å². The van der Waals surface area contributed by atoms with Gasteiger partial charge in [0.15, 0.2) is 11.4 Å². The van der Waals surface area contributed by atoms with E-state index in [1.54, 1.807) is 11.6 Å². The summed E-state index contributed by atoms with van der Waals surface area (Å²) < 4.78 is 7.17. The molecule has 1 unspecified atom stereocenters.